The van der Waals surface area contributed by atoms with E-state index in [0.29, 0.717) is 23.6 Å². The smallest absolute Gasteiger partial charge is 0.305 e. The molecule has 120 valence electrons. The van der Waals surface area contributed by atoms with Gasteiger partial charge in [0.25, 0.3) is 5.69 Å². The fourth-order valence-corrected chi connectivity index (χ4v) is 1.93. The van der Waals surface area contributed by atoms with E-state index in [2.05, 4.69) is 15.3 Å². The summed E-state index contributed by atoms with van der Waals surface area (Å²) in [5.41, 5.74) is 1.46. The largest absolute Gasteiger partial charge is 0.481 e. The lowest BCUT2D eigenvalue weighted by Crippen LogP contribution is -2.10. The van der Waals surface area contributed by atoms with Crippen molar-refractivity contribution in [2.75, 3.05) is 11.9 Å². The van der Waals surface area contributed by atoms with Gasteiger partial charge in [-0.1, -0.05) is 6.92 Å². The molecule has 0 fully saturated rings. The molecule has 0 saturated carbocycles. The van der Waals surface area contributed by atoms with Crippen LogP contribution in [0.1, 0.15) is 19.0 Å². The maximum absolute atomic E-state index is 10.7. The second kappa shape index (κ2) is 7.30. The third-order valence-electron chi connectivity index (χ3n) is 3.12. The van der Waals surface area contributed by atoms with Crippen molar-refractivity contribution >= 4 is 17.5 Å². The van der Waals surface area contributed by atoms with Crippen LogP contribution in [-0.2, 0) is 11.2 Å². The number of non-ortho nitro benzene ring substituents is 1. The van der Waals surface area contributed by atoms with Crippen LogP contribution in [0.2, 0.25) is 0 Å². The number of carboxylic acids is 1. The van der Waals surface area contributed by atoms with E-state index in [1.807, 2.05) is 6.92 Å². The number of nitro benzene ring substituents is 1. The van der Waals surface area contributed by atoms with E-state index in [9.17, 15) is 14.9 Å². The number of carbonyl (C=O) groups is 1. The van der Waals surface area contributed by atoms with Crippen molar-refractivity contribution < 1.29 is 14.8 Å². The van der Waals surface area contributed by atoms with Crippen LogP contribution in [0.25, 0.3) is 11.4 Å². The van der Waals surface area contributed by atoms with Crippen molar-refractivity contribution in [2.24, 2.45) is 0 Å². The maximum Gasteiger partial charge on any atom is 0.305 e. The number of nitro groups is 1. The normalized spacial score (nSPS) is 10.3. The minimum absolute atomic E-state index is 0.000188. The molecule has 0 aliphatic rings. The van der Waals surface area contributed by atoms with Gasteiger partial charge in [-0.05, 0) is 18.6 Å². The van der Waals surface area contributed by atoms with Crippen LogP contribution in [0, 0.1) is 10.1 Å². The quantitative estimate of drug-likeness (QED) is 0.595. The summed E-state index contributed by atoms with van der Waals surface area (Å²) in [6.07, 6.45) is 0.675. The number of benzene rings is 1. The minimum Gasteiger partial charge on any atom is -0.481 e. The van der Waals surface area contributed by atoms with Gasteiger partial charge in [-0.2, -0.15) is 0 Å². The molecule has 0 spiro atoms. The lowest BCUT2D eigenvalue weighted by Gasteiger charge is -2.08. The lowest BCUT2D eigenvalue weighted by molar-refractivity contribution is -0.384. The van der Waals surface area contributed by atoms with Crippen LogP contribution in [0.3, 0.4) is 0 Å². The minimum atomic E-state index is -0.891. The number of aromatic nitrogens is 2. The molecule has 23 heavy (non-hydrogen) atoms. The van der Waals surface area contributed by atoms with Crippen molar-refractivity contribution in [3.8, 4) is 11.4 Å². The second-order valence-corrected chi connectivity index (χ2v) is 4.80. The Morgan fingerprint density at radius 3 is 2.57 bits per heavy atom. The molecule has 0 amide bonds. The van der Waals surface area contributed by atoms with Crippen molar-refractivity contribution in [3.63, 3.8) is 0 Å². The highest BCUT2D eigenvalue weighted by Crippen LogP contribution is 2.21. The standard InChI is InChI=1S/C15H16N4O4/c1-2-11-9-13(16-8-7-14(20)21)18-15(17-11)10-3-5-12(6-4-10)19(22)23/h3-6,9H,2,7-8H2,1H3,(H,20,21)(H,16,17,18). The highest BCUT2D eigenvalue weighted by molar-refractivity contribution is 5.67. The molecule has 0 bridgehead atoms. The van der Waals surface area contributed by atoms with Gasteiger partial charge in [0.15, 0.2) is 5.82 Å². The number of aliphatic carboxylic acids is 1. The maximum atomic E-state index is 10.7. The molecule has 0 unspecified atom stereocenters. The molecule has 1 heterocycles. The predicted octanol–water partition coefficient (Wildman–Crippen LogP) is 2.50. The molecule has 0 aliphatic carbocycles. The van der Waals surface area contributed by atoms with Crippen LogP contribution in [0.15, 0.2) is 30.3 Å². The molecule has 2 N–H and O–H groups in total. The summed E-state index contributed by atoms with van der Waals surface area (Å²) in [4.78, 5) is 29.5. The molecule has 0 atom stereocenters. The number of aryl methyl sites for hydroxylation is 1. The molecule has 1 aromatic carbocycles. The number of carboxylic acid groups (broad SMARTS) is 1. The molecular weight excluding hydrogens is 300 g/mol. The molecule has 2 rings (SSSR count). The van der Waals surface area contributed by atoms with Crippen LogP contribution < -0.4 is 5.32 Å². The van der Waals surface area contributed by atoms with Crippen LogP contribution >= 0.6 is 0 Å². The van der Waals surface area contributed by atoms with E-state index < -0.39 is 10.9 Å². The first-order chi connectivity index (χ1) is 11.0. The second-order valence-electron chi connectivity index (χ2n) is 4.80. The van der Waals surface area contributed by atoms with Gasteiger partial charge in [-0.15, -0.1) is 0 Å². The third-order valence-corrected chi connectivity index (χ3v) is 3.12. The average molecular weight is 316 g/mol. The lowest BCUT2D eigenvalue weighted by atomic mass is 10.2. The van der Waals surface area contributed by atoms with E-state index in [4.69, 9.17) is 5.11 Å². The number of rotatable bonds is 7. The Balaban J connectivity index is 2.26. The summed E-state index contributed by atoms with van der Waals surface area (Å²) in [6.45, 7) is 2.21. The molecule has 0 radical (unpaired) electrons. The summed E-state index contributed by atoms with van der Waals surface area (Å²) in [5, 5.41) is 22.3. The fourth-order valence-electron chi connectivity index (χ4n) is 1.93. The Bertz CT molecular complexity index is 716. The van der Waals surface area contributed by atoms with Gasteiger partial charge in [0.2, 0.25) is 0 Å². The van der Waals surface area contributed by atoms with Crippen LogP contribution in [-0.4, -0.2) is 32.5 Å². The highest BCUT2D eigenvalue weighted by atomic mass is 16.6. The molecule has 0 saturated heterocycles. The van der Waals surface area contributed by atoms with Crippen molar-refractivity contribution in [3.05, 3.63) is 46.1 Å². The van der Waals surface area contributed by atoms with Crippen molar-refractivity contribution in [1.29, 1.82) is 0 Å². The topological polar surface area (TPSA) is 118 Å². The van der Waals surface area contributed by atoms with Gasteiger partial charge in [0.1, 0.15) is 5.82 Å². The first-order valence-corrected chi connectivity index (χ1v) is 7.08. The SMILES string of the molecule is CCc1cc(NCCC(=O)O)nc(-c2ccc([N+](=O)[O-])cc2)n1. The molecule has 8 heteroatoms. The predicted molar refractivity (Wildman–Crippen MR) is 84.2 cm³/mol. The third kappa shape index (κ3) is 4.47. The van der Waals surface area contributed by atoms with Gasteiger partial charge in [0.05, 0.1) is 11.3 Å². The summed E-state index contributed by atoms with van der Waals surface area (Å²) in [5.74, 6) is 0.0846. The summed E-state index contributed by atoms with van der Waals surface area (Å²) in [6, 6.07) is 7.74. The van der Waals surface area contributed by atoms with E-state index in [1.54, 1.807) is 18.2 Å². The van der Waals surface area contributed by atoms with Gasteiger partial charge < -0.3 is 10.4 Å². The number of anilines is 1. The molecule has 0 aliphatic heterocycles. The first kappa shape index (κ1) is 16.3. The Morgan fingerprint density at radius 1 is 1.30 bits per heavy atom. The molecule has 1 aromatic heterocycles. The van der Waals surface area contributed by atoms with Crippen LogP contribution in [0.5, 0.6) is 0 Å². The number of hydrogen-bond acceptors (Lipinski definition) is 6. The Morgan fingerprint density at radius 2 is 2.00 bits per heavy atom. The number of nitrogens with one attached hydrogen (secondary N) is 1. The number of hydrogen-bond donors (Lipinski definition) is 2. The first-order valence-electron chi connectivity index (χ1n) is 7.08. The Labute approximate surface area is 132 Å². The zero-order valence-electron chi connectivity index (χ0n) is 12.5. The highest BCUT2D eigenvalue weighted by Gasteiger charge is 2.09. The summed E-state index contributed by atoms with van der Waals surface area (Å²) < 4.78 is 0. The average Bonchev–Trinajstić information content (AvgIpc) is 2.54. The zero-order valence-corrected chi connectivity index (χ0v) is 12.5. The van der Waals surface area contributed by atoms with Crippen LogP contribution in [0.4, 0.5) is 11.5 Å². The summed E-state index contributed by atoms with van der Waals surface area (Å²) in [7, 11) is 0. The molecule has 8 nitrogen and oxygen atoms in total. The fraction of sp³-hybridized carbons (Fsp3) is 0.267. The molecule has 2 aromatic rings. The van der Waals surface area contributed by atoms with Crippen molar-refractivity contribution in [2.45, 2.75) is 19.8 Å². The van der Waals surface area contributed by atoms with E-state index in [-0.39, 0.29) is 18.7 Å². The molecular formula is C15H16N4O4. The van der Waals surface area contributed by atoms with E-state index >= 15 is 0 Å². The van der Waals surface area contributed by atoms with Crippen molar-refractivity contribution in [1.82, 2.24) is 9.97 Å². The summed E-state index contributed by atoms with van der Waals surface area (Å²) >= 11 is 0. The zero-order chi connectivity index (χ0) is 16.8. The Hall–Kier alpha value is -3.03. The van der Waals surface area contributed by atoms with Gasteiger partial charge >= 0.3 is 5.97 Å². The van der Waals surface area contributed by atoms with Gasteiger partial charge in [-0.25, -0.2) is 9.97 Å². The monoisotopic (exact) mass is 316 g/mol. The van der Waals surface area contributed by atoms with E-state index in [1.165, 1.54) is 12.1 Å². The Kier molecular flexibility index (Phi) is 5.19. The van der Waals surface area contributed by atoms with Gasteiger partial charge in [-0.3, -0.25) is 14.9 Å². The number of nitrogens with zero attached hydrogens (tertiary/aromatic N) is 3. The van der Waals surface area contributed by atoms with E-state index in [0.717, 1.165) is 5.69 Å². The van der Waals surface area contributed by atoms with Gasteiger partial charge in [0, 0.05) is 36.0 Å².